The van der Waals surface area contributed by atoms with E-state index in [1.54, 1.807) is 11.3 Å². The summed E-state index contributed by atoms with van der Waals surface area (Å²) in [7, 11) is 0. The minimum Gasteiger partial charge on any atom is -0.353 e. The van der Waals surface area contributed by atoms with Crippen molar-refractivity contribution in [2.24, 2.45) is 0 Å². The zero-order chi connectivity index (χ0) is 16.2. The van der Waals surface area contributed by atoms with Crippen LogP contribution in [0.15, 0.2) is 17.5 Å². The van der Waals surface area contributed by atoms with Crippen LogP contribution in [0.3, 0.4) is 0 Å². The molecule has 0 spiro atoms. The second-order valence-electron chi connectivity index (χ2n) is 5.79. The van der Waals surface area contributed by atoms with Crippen molar-refractivity contribution in [2.75, 3.05) is 31.1 Å². The second kappa shape index (κ2) is 7.04. The first-order valence-corrected chi connectivity index (χ1v) is 8.74. The summed E-state index contributed by atoms with van der Waals surface area (Å²) in [5, 5.41) is 11.3. The molecule has 0 aromatic carbocycles. The lowest BCUT2D eigenvalue weighted by molar-refractivity contribution is -0.130. The van der Waals surface area contributed by atoms with E-state index in [1.165, 1.54) is 0 Å². The fourth-order valence-corrected chi connectivity index (χ4v) is 3.33. The summed E-state index contributed by atoms with van der Waals surface area (Å²) in [5.74, 6) is 1.05. The lowest BCUT2D eigenvalue weighted by Crippen LogP contribution is -2.36. The van der Waals surface area contributed by atoms with Gasteiger partial charge in [0.05, 0.1) is 22.8 Å². The first-order valence-electron chi connectivity index (χ1n) is 7.86. The van der Waals surface area contributed by atoms with Crippen molar-refractivity contribution in [3.8, 4) is 0 Å². The standard InChI is InChI=1S/C16H21N5OS/c1-12-4-5-15(19-18-12)20-6-3-7-21(9-8-20)16(22)10-14-11-23-13(2)17-14/h4-5,11H,3,6-10H2,1-2H3. The first kappa shape index (κ1) is 15.9. The molecule has 122 valence electrons. The van der Waals surface area contributed by atoms with E-state index in [-0.39, 0.29) is 5.91 Å². The van der Waals surface area contributed by atoms with E-state index in [4.69, 9.17) is 0 Å². The summed E-state index contributed by atoms with van der Waals surface area (Å²) in [6, 6.07) is 3.97. The average molecular weight is 331 g/mol. The summed E-state index contributed by atoms with van der Waals surface area (Å²) in [6.45, 7) is 7.09. The Labute approximate surface area is 140 Å². The lowest BCUT2D eigenvalue weighted by Gasteiger charge is -2.22. The predicted octanol–water partition coefficient (Wildman–Crippen LogP) is 1.83. The summed E-state index contributed by atoms with van der Waals surface area (Å²) in [5.41, 5.74) is 1.79. The minimum absolute atomic E-state index is 0.159. The van der Waals surface area contributed by atoms with Crippen LogP contribution in [0, 0.1) is 13.8 Å². The second-order valence-corrected chi connectivity index (χ2v) is 6.85. The van der Waals surface area contributed by atoms with Crippen molar-refractivity contribution in [3.05, 3.63) is 33.9 Å². The van der Waals surface area contributed by atoms with Gasteiger partial charge >= 0.3 is 0 Å². The molecule has 0 bridgehead atoms. The van der Waals surface area contributed by atoms with E-state index in [0.29, 0.717) is 6.42 Å². The van der Waals surface area contributed by atoms with Crippen molar-refractivity contribution in [1.29, 1.82) is 0 Å². The zero-order valence-electron chi connectivity index (χ0n) is 13.5. The van der Waals surface area contributed by atoms with Crippen LogP contribution < -0.4 is 4.90 Å². The molecule has 3 rings (SSSR count). The van der Waals surface area contributed by atoms with Gasteiger partial charge in [0.15, 0.2) is 5.82 Å². The van der Waals surface area contributed by atoms with Gasteiger partial charge < -0.3 is 9.80 Å². The third-order valence-electron chi connectivity index (χ3n) is 3.96. The fraction of sp³-hybridized carbons (Fsp3) is 0.500. The van der Waals surface area contributed by atoms with Gasteiger partial charge in [-0.2, -0.15) is 5.10 Å². The number of thiazole rings is 1. The Bertz CT molecular complexity index is 669. The topological polar surface area (TPSA) is 62.2 Å². The zero-order valence-corrected chi connectivity index (χ0v) is 14.3. The summed E-state index contributed by atoms with van der Waals surface area (Å²) < 4.78 is 0. The highest BCUT2D eigenvalue weighted by atomic mass is 32.1. The van der Waals surface area contributed by atoms with E-state index in [2.05, 4.69) is 20.1 Å². The quantitative estimate of drug-likeness (QED) is 0.859. The molecule has 2 aromatic rings. The van der Waals surface area contributed by atoms with Crippen molar-refractivity contribution in [1.82, 2.24) is 20.1 Å². The van der Waals surface area contributed by atoms with Crippen molar-refractivity contribution in [2.45, 2.75) is 26.7 Å². The number of amides is 1. The number of aromatic nitrogens is 3. The fourth-order valence-electron chi connectivity index (χ4n) is 2.71. The molecule has 0 aliphatic carbocycles. The molecular formula is C16H21N5OS. The summed E-state index contributed by atoms with van der Waals surface area (Å²) in [6.07, 6.45) is 1.34. The van der Waals surface area contributed by atoms with E-state index >= 15 is 0 Å². The molecule has 1 amide bonds. The number of anilines is 1. The van der Waals surface area contributed by atoms with Crippen molar-refractivity contribution in [3.63, 3.8) is 0 Å². The van der Waals surface area contributed by atoms with Gasteiger partial charge in [0.1, 0.15) is 0 Å². The molecule has 2 aromatic heterocycles. The molecule has 1 fully saturated rings. The van der Waals surface area contributed by atoms with E-state index in [0.717, 1.165) is 54.8 Å². The van der Waals surface area contributed by atoms with Gasteiger partial charge in [0.25, 0.3) is 0 Å². The van der Waals surface area contributed by atoms with E-state index in [9.17, 15) is 4.79 Å². The summed E-state index contributed by atoms with van der Waals surface area (Å²) in [4.78, 5) is 21.0. The van der Waals surface area contributed by atoms with Crippen LogP contribution in [-0.4, -0.2) is 52.2 Å². The molecule has 23 heavy (non-hydrogen) atoms. The molecule has 7 heteroatoms. The van der Waals surface area contributed by atoms with Gasteiger partial charge in [0, 0.05) is 31.6 Å². The molecule has 6 nitrogen and oxygen atoms in total. The maximum atomic E-state index is 12.5. The number of carbonyl (C=O) groups is 1. The van der Waals surface area contributed by atoms with Crippen LogP contribution in [0.4, 0.5) is 5.82 Å². The number of carbonyl (C=O) groups excluding carboxylic acids is 1. The minimum atomic E-state index is 0.159. The van der Waals surface area contributed by atoms with Gasteiger partial charge in [-0.3, -0.25) is 4.79 Å². The Morgan fingerprint density at radius 3 is 2.74 bits per heavy atom. The molecule has 1 saturated heterocycles. The lowest BCUT2D eigenvalue weighted by atomic mass is 10.3. The summed E-state index contributed by atoms with van der Waals surface area (Å²) >= 11 is 1.59. The average Bonchev–Trinajstić information content (AvgIpc) is 2.80. The van der Waals surface area contributed by atoms with Crippen LogP contribution in [0.1, 0.15) is 22.8 Å². The third-order valence-corrected chi connectivity index (χ3v) is 4.78. The smallest absolute Gasteiger partial charge is 0.228 e. The molecule has 1 aliphatic heterocycles. The number of aryl methyl sites for hydroxylation is 2. The number of hydrogen-bond acceptors (Lipinski definition) is 6. The Morgan fingerprint density at radius 1 is 1.17 bits per heavy atom. The monoisotopic (exact) mass is 331 g/mol. The van der Waals surface area contributed by atoms with Crippen LogP contribution in [0.5, 0.6) is 0 Å². The molecule has 0 saturated carbocycles. The molecule has 1 aliphatic rings. The third kappa shape index (κ3) is 4.04. The molecule has 0 N–H and O–H groups in total. The molecule has 0 atom stereocenters. The van der Waals surface area contributed by atoms with E-state index < -0.39 is 0 Å². The van der Waals surface area contributed by atoms with Crippen molar-refractivity contribution >= 4 is 23.1 Å². The Hall–Kier alpha value is -2.02. The van der Waals surface area contributed by atoms with Gasteiger partial charge in [-0.1, -0.05) is 0 Å². The molecule has 0 radical (unpaired) electrons. The Morgan fingerprint density at radius 2 is 2.04 bits per heavy atom. The molecular weight excluding hydrogens is 310 g/mol. The normalized spacial score (nSPS) is 15.6. The van der Waals surface area contributed by atoms with Crippen molar-refractivity contribution < 1.29 is 4.79 Å². The molecule has 3 heterocycles. The first-order chi connectivity index (χ1) is 11.1. The number of nitrogens with zero attached hydrogens (tertiary/aromatic N) is 5. The maximum absolute atomic E-state index is 12.5. The highest BCUT2D eigenvalue weighted by molar-refractivity contribution is 7.09. The number of rotatable bonds is 3. The van der Waals surface area contributed by atoms with E-state index in [1.807, 2.05) is 36.3 Å². The van der Waals surface area contributed by atoms with Gasteiger partial charge in [-0.25, -0.2) is 4.98 Å². The highest BCUT2D eigenvalue weighted by Crippen LogP contribution is 2.14. The van der Waals surface area contributed by atoms with Gasteiger partial charge in [-0.05, 0) is 32.4 Å². The van der Waals surface area contributed by atoms with Crippen LogP contribution in [-0.2, 0) is 11.2 Å². The Kier molecular flexibility index (Phi) is 4.85. The molecule has 0 unspecified atom stereocenters. The Balaban J connectivity index is 1.59. The highest BCUT2D eigenvalue weighted by Gasteiger charge is 2.20. The van der Waals surface area contributed by atoms with Gasteiger partial charge in [-0.15, -0.1) is 16.4 Å². The maximum Gasteiger partial charge on any atom is 0.228 e. The van der Waals surface area contributed by atoms with Crippen LogP contribution in [0.2, 0.25) is 0 Å². The SMILES string of the molecule is Cc1ccc(N2CCCN(C(=O)Cc3csc(C)n3)CC2)nn1. The van der Waals surface area contributed by atoms with Crippen LogP contribution >= 0.6 is 11.3 Å². The van der Waals surface area contributed by atoms with Crippen LogP contribution in [0.25, 0.3) is 0 Å². The largest absolute Gasteiger partial charge is 0.353 e. The van der Waals surface area contributed by atoms with Gasteiger partial charge in [0.2, 0.25) is 5.91 Å². The predicted molar refractivity (Wildman–Crippen MR) is 90.7 cm³/mol. The number of hydrogen-bond donors (Lipinski definition) is 0.